The number of para-hydroxylation sites is 1. The molecule has 0 bridgehead atoms. The van der Waals surface area contributed by atoms with Crippen LogP contribution in [0, 0.1) is 21.0 Å². The van der Waals surface area contributed by atoms with Crippen LogP contribution in [0.1, 0.15) is 37.8 Å². The number of phenols is 1. The van der Waals surface area contributed by atoms with Crippen molar-refractivity contribution in [2.24, 2.45) is 0 Å². The zero-order valence-electron chi connectivity index (χ0n) is 24.2. The fourth-order valence-electron chi connectivity index (χ4n) is 4.80. The third-order valence-corrected chi connectivity index (χ3v) is 16.2. The topological polar surface area (TPSA) is 38.7 Å². The Kier molecular flexibility index (Phi) is 11.6. The minimum atomic E-state index is -1.19. The first kappa shape index (κ1) is 31.1. The number of halogens is 2. The number of benzene rings is 4. The van der Waals surface area contributed by atoms with Crippen molar-refractivity contribution in [1.82, 2.24) is 0 Å². The van der Waals surface area contributed by atoms with Crippen LogP contribution in [0.5, 0.6) is 17.2 Å². The van der Waals surface area contributed by atoms with Crippen molar-refractivity contribution in [2.75, 3.05) is 23.1 Å². The number of aryl methyl sites for hydroxylation is 2. The van der Waals surface area contributed by atoms with Crippen LogP contribution in [0.25, 0.3) is 11.1 Å². The van der Waals surface area contributed by atoms with Gasteiger partial charge in [0.25, 0.3) is 0 Å². The van der Waals surface area contributed by atoms with Crippen LogP contribution >= 0.6 is 7.92 Å². The second-order valence-electron chi connectivity index (χ2n) is 9.50. The standard InChI is InChI=1S/C34H39I2O3P/c1-7-21-35-26-16-12-17-27(36-22-8-2)31(26)25-15-11-20-30(32(25)37)40(33-23(3)13-9-18-28(33)38-5)34-24(4)14-10-19-29(34)39-6/h9-20,37H,7-8,21-22H2,1-6H3/q-2. The van der Waals surface area contributed by atoms with Gasteiger partial charge in [0.15, 0.2) is 0 Å². The van der Waals surface area contributed by atoms with Crippen LogP contribution in [-0.2, 0) is 0 Å². The molecule has 0 aromatic heterocycles. The van der Waals surface area contributed by atoms with Gasteiger partial charge in [0.1, 0.15) is 0 Å². The van der Waals surface area contributed by atoms with Crippen molar-refractivity contribution in [3.8, 4) is 28.4 Å². The van der Waals surface area contributed by atoms with Crippen molar-refractivity contribution in [3.05, 3.63) is 91.1 Å². The van der Waals surface area contributed by atoms with E-state index >= 15 is 0 Å². The number of rotatable bonds is 12. The first-order valence-corrected chi connectivity index (χ1v) is 20.2. The molecule has 0 saturated carbocycles. The van der Waals surface area contributed by atoms with Crippen LogP contribution in [0.4, 0.5) is 0 Å². The van der Waals surface area contributed by atoms with E-state index in [0.29, 0.717) is 5.75 Å². The second kappa shape index (κ2) is 14.9. The van der Waals surface area contributed by atoms with Gasteiger partial charge in [-0.15, -0.1) is 0 Å². The van der Waals surface area contributed by atoms with Crippen molar-refractivity contribution >= 4 is 23.8 Å². The summed E-state index contributed by atoms with van der Waals surface area (Å²) >= 11 is -0.272. The normalized spacial score (nSPS) is 11.4. The summed E-state index contributed by atoms with van der Waals surface area (Å²) < 4.78 is 17.3. The molecule has 0 heterocycles. The molecule has 4 rings (SSSR count). The Bertz CT molecular complexity index is 1370. The summed E-state index contributed by atoms with van der Waals surface area (Å²) in [4.78, 5) is 0. The molecule has 0 amide bonds. The van der Waals surface area contributed by atoms with Gasteiger partial charge in [0.2, 0.25) is 0 Å². The van der Waals surface area contributed by atoms with E-state index in [4.69, 9.17) is 9.47 Å². The Morgan fingerprint density at radius 1 is 0.675 bits per heavy atom. The zero-order chi connectivity index (χ0) is 28.6. The first-order chi connectivity index (χ1) is 19.5. The molecule has 0 aliphatic rings. The summed E-state index contributed by atoms with van der Waals surface area (Å²) in [6.07, 6.45) is 2.39. The molecule has 0 unspecified atom stereocenters. The number of hydrogen-bond acceptors (Lipinski definition) is 3. The summed E-state index contributed by atoms with van der Waals surface area (Å²) in [6, 6.07) is 25.6. The molecule has 0 fully saturated rings. The van der Waals surface area contributed by atoms with E-state index in [2.05, 4.69) is 76.2 Å². The summed E-state index contributed by atoms with van der Waals surface area (Å²) in [5, 5.41) is 15.5. The zero-order valence-corrected chi connectivity index (χ0v) is 29.4. The van der Waals surface area contributed by atoms with Gasteiger partial charge in [-0.1, -0.05) is 0 Å². The Morgan fingerprint density at radius 3 is 1.62 bits per heavy atom. The molecule has 4 aromatic carbocycles. The van der Waals surface area contributed by atoms with Gasteiger partial charge in [0, 0.05) is 0 Å². The molecule has 40 heavy (non-hydrogen) atoms. The SMILES string of the molecule is CCC[I-]c1cccc([I-]CCC)c1-c1cccc(P(c2c(C)cccc2OC)c2c(C)cccc2OC)c1O. The van der Waals surface area contributed by atoms with Crippen molar-refractivity contribution in [3.63, 3.8) is 0 Å². The summed E-state index contributed by atoms with van der Waals surface area (Å²) in [6.45, 7) is 8.81. The molecule has 0 saturated heterocycles. The third-order valence-electron chi connectivity index (χ3n) is 6.63. The summed E-state index contributed by atoms with van der Waals surface area (Å²) in [5.74, 6) is 2.06. The number of alkyl halides is 2. The molecule has 4 aromatic rings. The van der Waals surface area contributed by atoms with Gasteiger partial charge in [-0.2, -0.15) is 0 Å². The van der Waals surface area contributed by atoms with E-state index in [1.165, 1.54) is 34.4 Å². The molecule has 0 aliphatic carbocycles. The fourth-order valence-corrected chi connectivity index (χ4v) is 13.3. The van der Waals surface area contributed by atoms with Crippen LogP contribution in [0.15, 0.2) is 72.8 Å². The van der Waals surface area contributed by atoms with Crippen molar-refractivity contribution < 1.29 is 57.0 Å². The molecule has 0 atom stereocenters. The van der Waals surface area contributed by atoms with Crippen LogP contribution < -0.4 is 67.8 Å². The number of methoxy groups -OCH3 is 2. The average molecular weight is 780 g/mol. The van der Waals surface area contributed by atoms with Crippen molar-refractivity contribution in [1.29, 1.82) is 0 Å². The van der Waals surface area contributed by atoms with E-state index in [1.54, 1.807) is 14.2 Å². The molecular formula is C34H39I2O3P-2. The predicted molar refractivity (Wildman–Crippen MR) is 163 cm³/mol. The molecule has 1 N–H and O–H groups in total. The maximum atomic E-state index is 12.3. The van der Waals surface area contributed by atoms with Gasteiger partial charge in [0.05, 0.1) is 0 Å². The predicted octanol–water partition coefficient (Wildman–Crippen LogP) is 0.789. The van der Waals surface area contributed by atoms with Crippen LogP contribution in [-0.4, -0.2) is 28.2 Å². The van der Waals surface area contributed by atoms with Gasteiger partial charge in [-0.05, 0) is 0 Å². The molecule has 214 valence electrons. The monoisotopic (exact) mass is 780 g/mol. The fraction of sp³-hybridized carbons (Fsp3) is 0.294. The number of ether oxygens (including phenoxy) is 2. The van der Waals surface area contributed by atoms with Crippen LogP contribution in [0.2, 0.25) is 0 Å². The van der Waals surface area contributed by atoms with Crippen molar-refractivity contribution in [2.45, 2.75) is 40.5 Å². The summed E-state index contributed by atoms with van der Waals surface area (Å²) in [7, 11) is 2.27. The van der Waals surface area contributed by atoms with Gasteiger partial charge >= 0.3 is 264 Å². The molecule has 0 aliphatic heterocycles. The van der Waals surface area contributed by atoms with Crippen LogP contribution in [0.3, 0.4) is 0 Å². The summed E-state index contributed by atoms with van der Waals surface area (Å²) in [5.41, 5.74) is 4.56. The van der Waals surface area contributed by atoms with E-state index in [9.17, 15) is 5.11 Å². The molecule has 0 radical (unpaired) electrons. The Labute approximate surface area is 262 Å². The Hall–Kier alpha value is -1.83. The number of aromatic hydroxyl groups is 1. The Morgan fingerprint density at radius 2 is 1.15 bits per heavy atom. The maximum absolute atomic E-state index is 12.3. The third kappa shape index (κ3) is 6.63. The Balaban J connectivity index is 2.04. The quantitative estimate of drug-likeness (QED) is 0.132. The number of hydrogen-bond donors (Lipinski definition) is 1. The number of phenolic OH excluding ortho intramolecular Hbond substituents is 1. The van der Waals surface area contributed by atoms with Gasteiger partial charge in [-0.3, -0.25) is 0 Å². The van der Waals surface area contributed by atoms with E-state index in [0.717, 1.165) is 44.1 Å². The molecular weight excluding hydrogens is 741 g/mol. The first-order valence-electron chi connectivity index (χ1n) is 13.7. The molecule has 3 nitrogen and oxygen atoms in total. The van der Waals surface area contributed by atoms with E-state index < -0.39 is 7.92 Å². The van der Waals surface area contributed by atoms with Gasteiger partial charge in [-0.25, -0.2) is 0 Å². The van der Waals surface area contributed by atoms with E-state index in [-0.39, 0.29) is 42.4 Å². The molecule has 0 spiro atoms. The molecule has 6 heteroatoms. The second-order valence-corrected chi connectivity index (χ2v) is 17.6. The van der Waals surface area contributed by atoms with E-state index in [1.807, 2.05) is 24.3 Å². The van der Waals surface area contributed by atoms with Gasteiger partial charge < -0.3 is 0 Å². The average Bonchev–Trinajstić information content (AvgIpc) is 2.97. The minimum absolute atomic E-state index is 0.136.